The molecule has 0 radical (unpaired) electrons. The quantitative estimate of drug-likeness (QED) is 0.342. The van der Waals surface area contributed by atoms with Crippen molar-refractivity contribution in [3.05, 3.63) is 36.4 Å². The third-order valence-corrected chi connectivity index (χ3v) is 0.682. The van der Waals surface area contributed by atoms with Crippen LogP contribution in [0.5, 0.6) is 0 Å². The van der Waals surface area contributed by atoms with Crippen molar-refractivity contribution in [2.75, 3.05) is 0 Å². The fraction of sp³-hybridized carbons (Fsp3) is 0. The number of aliphatic hydroxyl groups excluding tert-OH is 1. The van der Waals surface area contributed by atoms with E-state index in [0.29, 0.717) is 0 Å². The van der Waals surface area contributed by atoms with Gasteiger partial charge in [-0.05, 0) is 11.4 Å². The van der Waals surface area contributed by atoms with Crippen LogP contribution in [-0.4, -0.2) is 5.11 Å². The zero-order chi connectivity index (χ0) is 6.57. The molecule has 1 N–H and O–H groups in total. The van der Waals surface area contributed by atoms with Crippen LogP contribution in [0.3, 0.4) is 0 Å². The molecular weight excluding hydrogens is 119 g/mol. The van der Waals surface area contributed by atoms with E-state index in [0.717, 1.165) is 5.31 Å². The molecule has 0 aromatic rings. The van der Waals surface area contributed by atoms with Crippen molar-refractivity contribution in [2.45, 2.75) is 0 Å². The van der Waals surface area contributed by atoms with Crippen molar-refractivity contribution in [2.24, 2.45) is 0 Å². The first kappa shape index (κ1) is 7.45. The molecule has 1 unspecified atom stereocenters. The van der Waals surface area contributed by atoms with Gasteiger partial charge in [0.05, 0.1) is 0 Å². The molecule has 0 amide bonds. The van der Waals surface area contributed by atoms with E-state index in [1.165, 1.54) is 6.08 Å². The third-order valence-electron chi connectivity index (χ3n) is 0.490. The minimum absolute atomic E-state index is 0.0496. The standard InChI is InChI=1S/C6H9OP/c1-5(7)3-4-6(2)8/h3-4,7H,1-2,8H2/b4-3-. The smallest absolute Gasteiger partial charge is 0.108 e. The van der Waals surface area contributed by atoms with Crippen LogP contribution in [0.2, 0.25) is 0 Å². The molecule has 2 heteroatoms. The molecular formula is C6H9OP. The Morgan fingerprint density at radius 3 is 2.00 bits per heavy atom. The maximum absolute atomic E-state index is 8.47. The second kappa shape index (κ2) is 3.45. The summed E-state index contributed by atoms with van der Waals surface area (Å²) in [7, 11) is 2.39. The Kier molecular flexibility index (Phi) is 3.21. The molecule has 0 aromatic carbocycles. The zero-order valence-corrected chi connectivity index (χ0v) is 5.75. The number of hydrogen-bond acceptors (Lipinski definition) is 1. The first-order chi connectivity index (χ1) is 3.63. The van der Waals surface area contributed by atoms with E-state index < -0.39 is 0 Å². The maximum atomic E-state index is 8.47. The Morgan fingerprint density at radius 2 is 1.88 bits per heavy atom. The summed E-state index contributed by atoms with van der Waals surface area (Å²) in [5.41, 5.74) is 0. The lowest BCUT2D eigenvalue weighted by Crippen LogP contribution is -1.65. The van der Waals surface area contributed by atoms with Crippen molar-refractivity contribution in [3.63, 3.8) is 0 Å². The van der Waals surface area contributed by atoms with Gasteiger partial charge < -0.3 is 5.11 Å². The summed E-state index contributed by atoms with van der Waals surface area (Å²) < 4.78 is 0. The van der Waals surface area contributed by atoms with E-state index in [1.807, 2.05) is 0 Å². The molecule has 1 atom stereocenters. The van der Waals surface area contributed by atoms with Gasteiger partial charge in [-0.15, -0.1) is 9.24 Å². The van der Waals surface area contributed by atoms with E-state index in [9.17, 15) is 0 Å². The molecule has 0 spiro atoms. The highest BCUT2D eigenvalue weighted by Gasteiger charge is 1.74. The lowest BCUT2D eigenvalue weighted by atomic mass is 10.4. The fourth-order valence-electron chi connectivity index (χ4n) is 0.203. The lowest BCUT2D eigenvalue weighted by Gasteiger charge is -1.83. The van der Waals surface area contributed by atoms with Gasteiger partial charge >= 0.3 is 0 Å². The predicted octanol–water partition coefficient (Wildman–Crippen LogP) is 2.00. The highest BCUT2D eigenvalue weighted by molar-refractivity contribution is 7.22. The molecule has 0 fully saturated rings. The molecule has 0 aliphatic heterocycles. The van der Waals surface area contributed by atoms with Gasteiger partial charge in [-0.25, -0.2) is 0 Å². The topological polar surface area (TPSA) is 20.2 Å². The Balaban J connectivity index is 3.67. The summed E-state index contributed by atoms with van der Waals surface area (Å²) in [6, 6.07) is 0. The first-order valence-corrected chi connectivity index (χ1v) is 2.71. The number of allylic oxidation sites excluding steroid dienone is 3. The average Bonchev–Trinajstić information content (AvgIpc) is 1.61. The molecule has 0 aliphatic rings. The highest BCUT2D eigenvalue weighted by atomic mass is 31.0. The summed E-state index contributed by atoms with van der Waals surface area (Å²) in [6.07, 6.45) is 3.14. The van der Waals surface area contributed by atoms with Crippen LogP contribution < -0.4 is 0 Å². The van der Waals surface area contributed by atoms with Crippen LogP contribution in [0.25, 0.3) is 0 Å². The van der Waals surface area contributed by atoms with E-state index >= 15 is 0 Å². The molecule has 0 saturated carbocycles. The van der Waals surface area contributed by atoms with Crippen molar-refractivity contribution >= 4 is 9.24 Å². The summed E-state index contributed by atoms with van der Waals surface area (Å²) in [6.45, 7) is 6.80. The molecule has 1 nitrogen and oxygen atoms in total. The zero-order valence-electron chi connectivity index (χ0n) is 4.59. The minimum Gasteiger partial charge on any atom is -0.509 e. The second-order valence-electron chi connectivity index (χ2n) is 1.40. The summed E-state index contributed by atoms with van der Waals surface area (Å²) in [4.78, 5) is 0. The van der Waals surface area contributed by atoms with Gasteiger partial charge in [-0.3, -0.25) is 0 Å². The molecule has 0 bridgehead atoms. The van der Waals surface area contributed by atoms with Gasteiger partial charge in [-0.1, -0.05) is 19.2 Å². The van der Waals surface area contributed by atoms with Gasteiger partial charge in [0.25, 0.3) is 0 Å². The van der Waals surface area contributed by atoms with Gasteiger partial charge in [-0.2, -0.15) is 0 Å². The number of aliphatic hydroxyl groups is 1. The van der Waals surface area contributed by atoms with Crippen molar-refractivity contribution in [3.8, 4) is 0 Å². The minimum atomic E-state index is 0.0496. The van der Waals surface area contributed by atoms with Crippen LogP contribution >= 0.6 is 9.24 Å². The van der Waals surface area contributed by atoms with E-state index in [-0.39, 0.29) is 5.76 Å². The van der Waals surface area contributed by atoms with Crippen LogP contribution in [0.4, 0.5) is 0 Å². The van der Waals surface area contributed by atoms with Gasteiger partial charge in [0, 0.05) is 0 Å². The monoisotopic (exact) mass is 128 g/mol. The largest absolute Gasteiger partial charge is 0.509 e. The van der Waals surface area contributed by atoms with Crippen molar-refractivity contribution in [1.29, 1.82) is 0 Å². The summed E-state index contributed by atoms with van der Waals surface area (Å²) in [5, 5.41) is 9.29. The van der Waals surface area contributed by atoms with Crippen molar-refractivity contribution in [1.82, 2.24) is 0 Å². The molecule has 0 rings (SSSR count). The van der Waals surface area contributed by atoms with Gasteiger partial charge in [0.1, 0.15) is 5.76 Å². The van der Waals surface area contributed by atoms with Crippen molar-refractivity contribution < 1.29 is 5.11 Å². The van der Waals surface area contributed by atoms with Gasteiger partial charge in [0.15, 0.2) is 0 Å². The Hall–Kier alpha value is -0.550. The molecule has 0 saturated heterocycles. The molecule has 0 aliphatic carbocycles. The maximum Gasteiger partial charge on any atom is 0.108 e. The number of rotatable bonds is 2. The van der Waals surface area contributed by atoms with Crippen LogP contribution in [0, 0.1) is 0 Å². The molecule has 44 valence electrons. The third kappa shape index (κ3) is 5.45. The fourth-order valence-corrected chi connectivity index (χ4v) is 0.299. The Morgan fingerprint density at radius 1 is 1.38 bits per heavy atom. The predicted molar refractivity (Wildman–Crippen MR) is 39.8 cm³/mol. The lowest BCUT2D eigenvalue weighted by molar-refractivity contribution is 0.435. The van der Waals surface area contributed by atoms with Crippen LogP contribution in [0.1, 0.15) is 0 Å². The molecule has 0 heterocycles. The SMILES string of the molecule is C=C(O)/C=C\C(=C)P. The van der Waals surface area contributed by atoms with Gasteiger partial charge in [0.2, 0.25) is 0 Å². The number of hydrogen-bond donors (Lipinski definition) is 1. The average molecular weight is 128 g/mol. The normalized spacial score (nSPS) is 9.62. The molecule has 8 heavy (non-hydrogen) atoms. The van der Waals surface area contributed by atoms with Crippen LogP contribution in [-0.2, 0) is 0 Å². The van der Waals surface area contributed by atoms with E-state index in [4.69, 9.17) is 5.11 Å². The first-order valence-electron chi connectivity index (χ1n) is 2.13. The molecule has 0 aromatic heterocycles. The second-order valence-corrected chi connectivity index (χ2v) is 2.14. The highest BCUT2D eigenvalue weighted by Crippen LogP contribution is 2.02. The van der Waals surface area contributed by atoms with Crippen LogP contribution in [0.15, 0.2) is 36.4 Å². The Bertz CT molecular complexity index is 119. The van der Waals surface area contributed by atoms with E-state index in [1.54, 1.807) is 6.08 Å². The summed E-state index contributed by atoms with van der Waals surface area (Å²) >= 11 is 0. The van der Waals surface area contributed by atoms with E-state index in [2.05, 4.69) is 22.4 Å². The Labute approximate surface area is 51.6 Å². The summed E-state index contributed by atoms with van der Waals surface area (Å²) in [5.74, 6) is 0.0496.